The van der Waals surface area contributed by atoms with Crippen LogP contribution in [0.3, 0.4) is 0 Å². The number of nitrogens with one attached hydrogen (secondary N) is 1. The number of aromatic nitrogens is 3. The molecule has 0 saturated carbocycles. The summed E-state index contributed by atoms with van der Waals surface area (Å²) in [4.78, 5) is 4.41. The Morgan fingerprint density at radius 3 is 2.94 bits per heavy atom. The third-order valence-corrected chi connectivity index (χ3v) is 3.37. The first-order valence-electron chi connectivity index (χ1n) is 6.50. The molecule has 94 valence electrons. The summed E-state index contributed by atoms with van der Waals surface area (Å²) in [5.41, 5.74) is 3.88. The lowest BCUT2D eigenvalue weighted by Crippen LogP contribution is -2.25. The van der Waals surface area contributed by atoms with Crippen molar-refractivity contribution >= 4 is 0 Å². The molecule has 1 aliphatic heterocycles. The third-order valence-electron chi connectivity index (χ3n) is 3.37. The summed E-state index contributed by atoms with van der Waals surface area (Å²) in [5.74, 6) is 1.37. The quantitative estimate of drug-likeness (QED) is 0.876. The van der Waals surface area contributed by atoms with E-state index in [0.717, 1.165) is 25.3 Å². The molecular formula is C14H18N4. The molecule has 0 aliphatic carbocycles. The first-order valence-corrected chi connectivity index (χ1v) is 6.50. The summed E-state index contributed by atoms with van der Waals surface area (Å²) in [6.45, 7) is 6.33. The fourth-order valence-electron chi connectivity index (χ4n) is 2.51. The summed E-state index contributed by atoms with van der Waals surface area (Å²) in [6, 6.07) is 5.95. The van der Waals surface area contributed by atoms with E-state index < -0.39 is 0 Å². The first kappa shape index (κ1) is 11.4. The molecule has 3 heterocycles. The second-order valence-electron chi connectivity index (χ2n) is 4.99. The van der Waals surface area contributed by atoms with Crippen molar-refractivity contribution in [3.63, 3.8) is 0 Å². The van der Waals surface area contributed by atoms with Gasteiger partial charge in [-0.25, -0.2) is 9.67 Å². The normalized spacial score (nSPS) is 14.8. The minimum atomic E-state index is 0.448. The molecular weight excluding hydrogens is 224 g/mol. The van der Waals surface area contributed by atoms with Crippen molar-refractivity contribution in [1.29, 1.82) is 0 Å². The standard InChI is InChI=1S/C14H18N4/c1-10(2)14-11-9-15-8-6-12(11)18(17-14)13-5-3-4-7-16-13/h3-5,7,10,15H,6,8-9H2,1-2H3. The lowest BCUT2D eigenvalue weighted by Gasteiger charge is -2.15. The van der Waals surface area contributed by atoms with Gasteiger partial charge in [0.1, 0.15) is 0 Å². The summed E-state index contributed by atoms with van der Waals surface area (Å²) in [6.07, 6.45) is 2.84. The van der Waals surface area contributed by atoms with Crippen LogP contribution in [0.1, 0.15) is 36.7 Å². The van der Waals surface area contributed by atoms with Crippen LogP contribution >= 0.6 is 0 Å². The fourth-order valence-corrected chi connectivity index (χ4v) is 2.51. The average Bonchev–Trinajstić information content (AvgIpc) is 2.79. The van der Waals surface area contributed by atoms with Gasteiger partial charge in [-0.3, -0.25) is 0 Å². The lowest BCUT2D eigenvalue weighted by molar-refractivity contribution is 0.618. The number of hydrogen-bond donors (Lipinski definition) is 1. The highest BCUT2D eigenvalue weighted by Crippen LogP contribution is 2.26. The van der Waals surface area contributed by atoms with Gasteiger partial charge >= 0.3 is 0 Å². The highest BCUT2D eigenvalue weighted by Gasteiger charge is 2.22. The Balaban J connectivity index is 2.15. The van der Waals surface area contributed by atoms with Crippen LogP contribution in [0.4, 0.5) is 0 Å². The van der Waals surface area contributed by atoms with Crippen LogP contribution in [0, 0.1) is 0 Å². The zero-order chi connectivity index (χ0) is 12.5. The Bertz CT molecular complexity index is 542. The van der Waals surface area contributed by atoms with Crippen LogP contribution in [0.2, 0.25) is 0 Å². The smallest absolute Gasteiger partial charge is 0.153 e. The summed E-state index contributed by atoms with van der Waals surface area (Å²) in [7, 11) is 0. The molecule has 2 aromatic heterocycles. The van der Waals surface area contributed by atoms with Crippen molar-refractivity contribution in [2.75, 3.05) is 6.54 Å². The molecule has 3 rings (SSSR count). The SMILES string of the molecule is CC(C)c1nn(-c2ccccn2)c2c1CNCC2. The fraction of sp³-hybridized carbons (Fsp3) is 0.429. The van der Waals surface area contributed by atoms with Gasteiger partial charge in [0.05, 0.1) is 11.4 Å². The van der Waals surface area contributed by atoms with Gasteiger partial charge in [-0.05, 0) is 18.1 Å². The van der Waals surface area contributed by atoms with Gasteiger partial charge < -0.3 is 5.32 Å². The molecule has 0 saturated heterocycles. The van der Waals surface area contributed by atoms with Crippen LogP contribution in [0.5, 0.6) is 0 Å². The molecule has 4 nitrogen and oxygen atoms in total. The molecule has 0 amide bonds. The number of pyridine rings is 1. The predicted octanol–water partition coefficient (Wildman–Crippen LogP) is 2.04. The van der Waals surface area contributed by atoms with Gasteiger partial charge in [-0.2, -0.15) is 5.10 Å². The maximum absolute atomic E-state index is 4.78. The van der Waals surface area contributed by atoms with E-state index in [1.165, 1.54) is 17.0 Å². The van der Waals surface area contributed by atoms with Crippen LogP contribution in [-0.2, 0) is 13.0 Å². The molecule has 0 atom stereocenters. The van der Waals surface area contributed by atoms with Crippen LogP contribution in [0.25, 0.3) is 5.82 Å². The van der Waals surface area contributed by atoms with E-state index in [0.29, 0.717) is 5.92 Å². The Morgan fingerprint density at radius 1 is 1.33 bits per heavy atom. The Hall–Kier alpha value is -1.68. The Labute approximate surface area is 107 Å². The van der Waals surface area contributed by atoms with Crippen LogP contribution in [-0.4, -0.2) is 21.3 Å². The van der Waals surface area contributed by atoms with E-state index in [9.17, 15) is 0 Å². The van der Waals surface area contributed by atoms with E-state index in [1.54, 1.807) is 0 Å². The van der Waals surface area contributed by atoms with E-state index >= 15 is 0 Å². The third kappa shape index (κ3) is 1.82. The minimum Gasteiger partial charge on any atom is -0.312 e. The summed E-state index contributed by atoms with van der Waals surface area (Å²) >= 11 is 0. The molecule has 1 N–H and O–H groups in total. The van der Waals surface area contributed by atoms with Gasteiger partial charge in [0, 0.05) is 31.3 Å². The van der Waals surface area contributed by atoms with Crippen LogP contribution < -0.4 is 5.32 Å². The van der Waals surface area contributed by atoms with E-state index in [4.69, 9.17) is 5.10 Å². The molecule has 1 aliphatic rings. The Morgan fingerprint density at radius 2 is 2.22 bits per heavy atom. The monoisotopic (exact) mass is 242 g/mol. The number of hydrogen-bond acceptors (Lipinski definition) is 3. The van der Waals surface area contributed by atoms with Gasteiger partial charge in [-0.15, -0.1) is 0 Å². The molecule has 0 aromatic carbocycles. The van der Waals surface area contributed by atoms with Crippen LogP contribution in [0.15, 0.2) is 24.4 Å². The lowest BCUT2D eigenvalue weighted by atomic mass is 10.0. The highest BCUT2D eigenvalue weighted by molar-refractivity contribution is 5.36. The predicted molar refractivity (Wildman–Crippen MR) is 70.9 cm³/mol. The van der Waals surface area contributed by atoms with E-state index in [2.05, 4.69) is 24.1 Å². The zero-order valence-corrected chi connectivity index (χ0v) is 10.8. The van der Waals surface area contributed by atoms with E-state index in [1.807, 2.05) is 29.1 Å². The van der Waals surface area contributed by atoms with Gasteiger partial charge in [-0.1, -0.05) is 19.9 Å². The molecule has 0 bridgehead atoms. The molecule has 2 aromatic rings. The Kier molecular flexibility index (Phi) is 2.88. The molecule has 18 heavy (non-hydrogen) atoms. The maximum atomic E-state index is 4.78. The number of rotatable bonds is 2. The second kappa shape index (κ2) is 4.53. The molecule has 0 radical (unpaired) electrons. The van der Waals surface area contributed by atoms with Crippen molar-refractivity contribution in [2.45, 2.75) is 32.7 Å². The number of fused-ring (bicyclic) bond motifs is 1. The highest BCUT2D eigenvalue weighted by atomic mass is 15.3. The van der Waals surface area contributed by atoms with Crippen molar-refractivity contribution in [3.8, 4) is 5.82 Å². The summed E-state index contributed by atoms with van der Waals surface area (Å²) in [5, 5.41) is 8.20. The first-order chi connectivity index (χ1) is 8.77. The minimum absolute atomic E-state index is 0.448. The second-order valence-corrected chi connectivity index (χ2v) is 4.99. The summed E-state index contributed by atoms with van der Waals surface area (Å²) < 4.78 is 2.02. The topological polar surface area (TPSA) is 42.7 Å². The average molecular weight is 242 g/mol. The molecule has 0 unspecified atom stereocenters. The molecule has 0 fully saturated rings. The van der Waals surface area contributed by atoms with Crippen molar-refractivity contribution in [2.24, 2.45) is 0 Å². The van der Waals surface area contributed by atoms with Gasteiger partial charge in [0.15, 0.2) is 5.82 Å². The maximum Gasteiger partial charge on any atom is 0.153 e. The van der Waals surface area contributed by atoms with Gasteiger partial charge in [0.2, 0.25) is 0 Å². The van der Waals surface area contributed by atoms with Crippen molar-refractivity contribution in [3.05, 3.63) is 41.3 Å². The molecule has 0 spiro atoms. The van der Waals surface area contributed by atoms with Crippen molar-refractivity contribution < 1.29 is 0 Å². The van der Waals surface area contributed by atoms with E-state index in [-0.39, 0.29) is 0 Å². The zero-order valence-electron chi connectivity index (χ0n) is 10.8. The van der Waals surface area contributed by atoms with Gasteiger partial charge in [0.25, 0.3) is 0 Å². The largest absolute Gasteiger partial charge is 0.312 e. The number of nitrogens with zero attached hydrogens (tertiary/aromatic N) is 3. The molecule has 4 heteroatoms. The van der Waals surface area contributed by atoms with Crippen molar-refractivity contribution in [1.82, 2.24) is 20.1 Å².